The zero-order valence-corrected chi connectivity index (χ0v) is 13.6. The third-order valence-corrected chi connectivity index (χ3v) is 3.63. The van der Waals surface area contributed by atoms with E-state index in [9.17, 15) is 0 Å². The lowest BCUT2D eigenvalue weighted by Gasteiger charge is -2.09. The van der Waals surface area contributed by atoms with Gasteiger partial charge in [-0.25, -0.2) is 0 Å². The highest BCUT2D eigenvalue weighted by molar-refractivity contribution is 5.27. The summed E-state index contributed by atoms with van der Waals surface area (Å²) in [6, 6.07) is 8.35. The molecule has 0 amide bonds. The topological polar surface area (TPSA) is 41.5 Å². The Morgan fingerprint density at radius 3 is 2.57 bits per heavy atom. The van der Waals surface area contributed by atoms with Gasteiger partial charge in [0.05, 0.1) is 6.61 Å². The summed E-state index contributed by atoms with van der Waals surface area (Å²) in [5.41, 5.74) is 1.28. The standard InChI is InChI=1S/C18H31NO2/c1-3-4-5-13-21-18-10-8-17(9-11-18)14-19-12-6-7-16(2)15-20/h8-11,16,19-20H,3-7,12-15H2,1-2H3. The van der Waals surface area contributed by atoms with Crippen molar-refractivity contribution in [3.63, 3.8) is 0 Å². The van der Waals surface area contributed by atoms with E-state index in [2.05, 4.69) is 43.4 Å². The number of hydrogen-bond acceptors (Lipinski definition) is 3. The SMILES string of the molecule is CCCCCOc1ccc(CNCCCC(C)CO)cc1. The van der Waals surface area contributed by atoms with Gasteiger partial charge in [-0.2, -0.15) is 0 Å². The summed E-state index contributed by atoms with van der Waals surface area (Å²) in [4.78, 5) is 0. The van der Waals surface area contributed by atoms with E-state index in [4.69, 9.17) is 9.84 Å². The van der Waals surface area contributed by atoms with Crippen LogP contribution in [0.3, 0.4) is 0 Å². The molecule has 0 saturated heterocycles. The average Bonchev–Trinajstić information content (AvgIpc) is 2.52. The first-order valence-corrected chi connectivity index (χ1v) is 8.29. The van der Waals surface area contributed by atoms with E-state index in [-0.39, 0.29) is 0 Å². The zero-order chi connectivity index (χ0) is 15.3. The van der Waals surface area contributed by atoms with Crippen LogP contribution in [0.25, 0.3) is 0 Å². The molecular formula is C18H31NO2. The van der Waals surface area contributed by atoms with Gasteiger partial charge in [0.15, 0.2) is 0 Å². The molecule has 0 aliphatic heterocycles. The summed E-state index contributed by atoms with van der Waals surface area (Å²) >= 11 is 0. The van der Waals surface area contributed by atoms with Crippen LogP contribution < -0.4 is 10.1 Å². The van der Waals surface area contributed by atoms with Gasteiger partial charge in [0.25, 0.3) is 0 Å². The van der Waals surface area contributed by atoms with Gasteiger partial charge in [-0.15, -0.1) is 0 Å². The Bertz CT molecular complexity index is 351. The molecule has 0 radical (unpaired) electrons. The van der Waals surface area contributed by atoms with Gasteiger partial charge in [0, 0.05) is 13.2 Å². The molecule has 3 heteroatoms. The van der Waals surface area contributed by atoms with Crippen LogP contribution in [0.1, 0.15) is 51.5 Å². The highest BCUT2D eigenvalue weighted by atomic mass is 16.5. The molecule has 1 aromatic carbocycles. The molecule has 1 aromatic rings. The van der Waals surface area contributed by atoms with Crippen molar-refractivity contribution in [1.82, 2.24) is 5.32 Å². The molecule has 0 aromatic heterocycles. The second-order valence-electron chi connectivity index (χ2n) is 5.81. The van der Waals surface area contributed by atoms with Gasteiger partial charge in [0.1, 0.15) is 5.75 Å². The number of rotatable bonds is 12. The van der Waals surface area contributed by atoms with E-state index in [0.717, 1.165) is 44.7 Å². The van der Waals surface area contributed by atoms with Crippen molar-refractivity contribution in [2.45, 2.75) is 52.5 Å². The summed E-state index contributed by atoms with van der Waals surface area (Å²) in [6.07, 6.45) is 5.78. The van der Waals surface area contributed by atoms with Crippen LogP contribution in [0, 0.1) is 5.92 Å². The van der Waals surface area contributed by atoms with Crippen molar-refractivity contribution >= 4 is 0 Å². The molecule has 1 atom stereocenters. The first kappa shape index (κ1) is 18.0. The minimum atomic E-state index is 0.291. The Balaban J connectivity index is 2.13. The predicted octanol–water partition coefficient (Wildman–Crippen LogP) is 3.75. The smallest absolute Gasteiger partial charge is 0.119 e. The van der Waals surface area contributed by atoms with E-state index in [1.54, 1.807) is 0 Å². The maximum Gasteiger partial charge on any atom is 0.119 e. The van der Waals surface area contributed by atoms with Gasteiger partial charge in [-0.05, 0) is 49.4 Å². The van der Waals surface area contributed by atoms with Crippen molar-refractivity contribution in [3.8, 4) is 5.75 Å². The van der Waals surface area contributed by atoms with Crippen LogP contribution in [0.4, 0.5) is 0 Å². The molecule has 0 heterocycles. The Morgan fingerprint density at radius 1 is 1.14 bits per heavy atom. The van der Waals surface area contributed by atoms with Crippen LogP contribution >= 0.6 is 0 Å². The van der Waals surface area contributed by atoms with Gasteiger partial charge in [-0.1, -0.05) is 38.8 Å². The van der Waals surface area contributed by atoms with E-state index in [0.29, 0.717) is 12.5 Å². The summed E-state index contributed by atoms with van der Waals surface area (Å²) in [7, 11) is 0. The predicted molar refractivity (Wildman–Crippen MR) is 88.7 cm³/mol. The highest BCUT2D eigenvalue weighted by Gasteiger charge is 1.99. The molecule has 120 valence electrons. The van der Waals surface area contributed by atoms with Crippen molar-refractivity contribution in [1.29, 1.82) is 0 Å². The first-order valence-electron chi connectivity index (χ1n) is 8.29. The molecular weight excluding hydrogens is 262 g/mol. The van der Waals surface area contributed by atoms with E-state index >= 15 is 0 Å². The average molecular weight is 293 g/mol. The second kappa shape index (κ2) is 11.6. The molecule has 0 saturated carbocycles. The Morgan fingerprint density at radius 2 is 1.90 bits per heavy atom. The Kier molecular flexibility index (Phi) is 9.92. The quantitative estimate of drug-likeness (QED) is 0.577. The van der Waals surface area contributed by atoms with E-state index in [1.807, 2.05) is 0 Å². The molecule has 0 bridgehead atoms. The zero-order valence-electron chi connectivity index (χ0n) is 13.6. The largest absolute Gasteiger partial charge is 0.494 e. The molecule has 0 fully saturated rings. The lowest BCUT2D eigenvalue weighted by molar-refractivity contribution is 0.228. The Hall–Kier alpha value is -1.06. The number of benzene rings is 1. The number of aliphatic hydroxyl groups excluding tert-OH is 1. The maximum absolute atomic E-state index is 8.95. The minimum absolute atomic E-state index is 0.291. The summed E-state index contributed by atoms with van der Waals surface area (Å²) in [6.45, 7) is 7.28. The third-order valence-electron chi connectivity index (χ3n) is 3.63. The van der Waals surface area contributed by atoms with Crippen molar-refractivity contribution in [2.75, 3.05) is 19.8 Å². The fourth-order valence-corrected chi connectivity index (χ4v) is 2.15. The summed E-state index contributed by atoms with van der Waals surface area (Å²) in [5.74, 6) is 1.38. The fraction of sp³-hybridized carbons (Fsp3) is 0.667. The second-order valence-corrected chi connectivity index (χ2v) is 5.81. The van der Waals surface area contributed by atoms with Crippen LogP contribution in [-0.4, -0.2) is 24.9 Å². The lowest BCUT2D eigenvalue weighted by atomic mass is 10.1. The monoisotopic (exact) mass is 293 g/mol. The van der Waals surface area contributed by atoms with E-state index in [1.165, 1.54) is 18.4 Å². The molecule has 1 unspecified atom stereocenters. The highest BCUT2D eigenvalue weighted by Crippen LogP contribution is 2.13. The van der Waals surface area contributed by atoms with Crippen LogP contribution in [0.2, 0.25) is 0 Å². The number of nitrogens with one attached hydrogen (secondary N) is 1. The molecule has 1 rings (SSSR count). The molecule has 21 heavy (non-hydrogen) atoms. The number of ether oxygens (including phenoxy) is 1. The molecule has 0 aliphatic carbocycles. The van der Waals surface area contributed by atoms with Gasteiger partial charge < -0.3 is 15.2 Å². The normalized spacial score (nSPS) is 12.3. The van der Waals surface area contributed by atoms with E-state index < -0.39 is 0 Å². The third kappa shape index (κ3) is 8.74. The minimum Gasteiger partial charge on any atom is -0.494 e. The summed E-state index contributed by atoms with van der Waals surface area (Å²) < 4.78 is 5.70. The molecule has 0 spiro atoms. The first-order chi connectivity index (χ1) is 10.3. The van der Waals surface area contributed by atoms with Gasteiger partial charge in [0.2, 0.25) is 0 Å². The van der Waals surface area contributed by atoms with Crippen LogP contribution in [0.5, 0.6) is 5.75 Å². The lowest BCUT2D eigenvalue weighted by Crippen LogP contribution is -2.16. The van der Waals surface area contributed by atoms with Crippen molar-refractivity contribution < 1.29 is 9.84 Å². The molecule has 0 aliphatic rings. The number of aliphatic hydroxyl groups is 1. The van der Waals surface area contributed by atoms with Crippen LogP contribution in [0.15, 0.2) is 24.3 Å². The molecule has 2 N–H and O–H groups in total. The number of hydrogen-bond donors (Lipinski definition) is 2. The van der Waals surface area contributed by atoms with Crippen molar-refractivity contribution in [2.24, 2.45) is 5.92 Å². The molecule has 3 nitrogen and oxygen atoms in total. The Labute approximate surface area is 129 Å². The summed E-state index contributed by atoms with van der Waals surface area (Å²) in [5, 5.41) is 12.4. The number of unbranched alkanes of at least 4 members (excludes halogenated alkanes) is 2. The van der Waals surface area contributed by atoms with Gasteiger partial charge in [-0.3, -0.25) is 0 Å². The maximum atomic E-state index is 8.95. The van der Waals surface area contributed by atoms with Crippen LogP contribution in [-0.2, 0) is 6.54 Å². The van der Waals surface area contributed by atoms with Gasteiger partial charge >= 0.3 is 0 Å². The van der Waals surface area contributed by atoms with Crippen molar-refractivity contribution in [3.05, 3.63) is 29.8 Å². The fourth-order valence-electron chi connectivity index (χ4n) is 2.15.